The molecule has 0 heterocycles. The normalized spacial score (nSPS) is 12.1. The molecular weight excluding hydrogens is 288 g/mol. The SMILES string of the molecule is Cl.NC/C=C(\F)CS(=O)(=O)c1ccc(Cl)cc1. The average Bonchev–Trinajstić information content (AvgIpc) is 2.17. The first-order chi connectivity index (χ1) is 7.45. The van der Waals surface area contributed by atoms with Crippen molar-refractivity contribution in [3.05, 3.63) is 41.2 Å². The number of hydrogen-bond donors (Lipinski definition) is 1. The fraction of sp³-hybridized carbons (Fsp3) is 0.200. The summed E-state index contributed by atoms with van der Waals surface area (Å²) in [6.45, 7) is -0.0258. The molecule has 0 unspecified atom stereocenters. The molecule has 1 aromatic rings. The maximum atomic E-state index is 13.0. The molecule has 0 amide bonds. The van der Waals surface area contributed by atoms with Crippen molar-refractivity contribution >= 4 is 33.8 Å². The molecule has 0 aliphatic heterocycles. The minimum atomic E-state index is -3.66. The fourth-order valence-corrected chi connectivity index (χ4v) is 2.42. The fourth-order valence-electron chi connectivity index (χ4n) is 1.09. The summed E-state index contributed by atoms with van der Waals surface area (Å²) < 4.78 is 36.4. The standard InChI is InChI=1S/C10H11ClFNO2S.ClH/c11-8-1-3-10(4-2-8)16(14,15)7-9(12)5-6-13;/h1-5H,6-7,13H2;1H/b9-5-;. The van der Waals surface area contributed by atoms with E-state index >= 15 is 0 Å². The van der Waals surface area contributed by atoms with Crippen molar-refractivity contribution in [1.29, 1.82) is 0 Å². The molecule has 96 valence electrons. The highest BCUT2D eigenvalue weighted by molar-refractivity contribution is 7.91. The quantitative estimate of drug-likeness (QED) is 0.928. The third kappa shape index (κ3) is 5.04. The van der Waals surface area contributed by atoms with Crippen LogP contribution in [-0.4, -0.2) is 20.7 Å². The van der Waals surface area contributed by atoms with Gasteiger partial charge >= 0.3 is 0 Å². The first-order valence-corrected chi connectivity index (χ1v) is 6.51. The molecule has 17 heavy (non-hydrogen) atoms. The Hall–Kier alpha value is -0.620. The van der Waals surface area contributed by atoms with Crippen molar-refractivity contribution < 1.29 is 12.8 Å². The molecule has 0 radical (unpaired) electrons. The summed E-state index contributed by atoms with van der Waals surface area (Å²) >= 11 is 5.62. The van der Waals surface area contributed by atoms with Crippen LogP contribution in [0.1, 0.15) is 0 Å². The van der Waals surface area contributed by atoms with Gasteiger partial charge in [0.2, 0.25) is 0 Å². The topological polar surface area (TPSA) is 60.2 Å². The van der Waals surface area contributed by atoms with Crippen LogP contribution in [0.15, 0.2) is 41.1 Å². The molecule has 0 spiro atoms. The third-order valence-electron chi connectivity index (χ3n) is 1.84. The first-order valence-electron chi connectivity index (χ1n) is 4.48. The largest absolute Gasteiger partial charge is 0.327 e. The van der Waals surface area contributed by atoms with E-state index in [1.165, 1.54) is 24.3 Å². The Morgan fingerprint density at radius 1 is 1.35 bits per heavy atom. The van der Waals surface area contributed by atoms with Gasteiger partial charge in [0.1, 0.15) is 11.6 Å². The molecule has 0 saturated carbocycles. The Balaban J connectivity index is 0.00000256. The van der Waals surface area contributed by atoms with Crippen LogP contribution >= 0.6 is 24.0 Å². The number of hydrogen-bond acceptors (Lipinski definition) is 3. The van der Waals surface area contributed by atoms with Gasteiger partial charge in [0.05, 0.1) is 4.90 Å². The van der Waals surface area contributed by atoms with E-state index in [1.807, 2.05) is 0 Å². The van der Waals surface area contributed by atoms with Crippen LogP contribution in [0.25, 0.3) is 0 Å². The monoisotopic (exact) mass is 299 g/mol. The van der Waals surface area contributed by atoms with E-state index in [-0.39, 0.29) is 23.8 Å². The van der Waals surface area contributed by atoms with Gasteiger partial charge in [-0.05, 0) is 30.3 Å². The minimum Gasteiger partial charge on any atom is -0.327 e. The highest BCUT2D eigenvalue weighted by atomic mass is 35.5. The van der Waals surface area contributed by atoms with E-state index in [1.54, 1.807) is 0 Å². The number of sulfone groups is 1. The third-order valence-corrected chi connectivity index (χ3v) is 3.74. The van der Waals surface area contributed by atoms with Crippen molar-refractivity contribution in [2.24, 2.45) is 5.73 Å². The van der Waals surface area contributed by atoms with Gasteiger partial charge in [-0.3, -0.25) is 0 Å². The van der Waals surface area contributed by atoms with Crippen molar-refractivity contribution in [3.63, 3.8) is 0 Å². The van der Waals surface area contributed by atoms with E-state index in [0.717, 1.165) is 6.08 Å². The molecule has 0 fully saturated rings. The Kier molecular flexibility index (Phi) is 6.70. The molecule has 0 aliphatic rings. The van der Waals surface area contributed by atoms with Crippen LogP contribution in [0, 0.1) is 0 Å². The van der Waals surface area contributed by atoms with E-state index in [4.69, 9.17) is 17.3 Å². The summed E-state index contributed by atoms with van der Waals surface area (Å²) in [4.78, 5) is 0.0393. The molecule has 0 bridgehead atoms. The molecule has 0 aliphatic carbocycles. The molecule has 0 saturated heterocycles. The molecule has 2 N–H and O–H groups in total. The number of benzene rings is 1. The highest BCUT2D eigenvalue weighted by Crippen LogP contribution is 2.17. The van der Waals surface area contributed by atoms with Gasteiger partial charge in [-0.25, -0.2) is 12.8 Å². The molecule has 3 nitrogen and oxygen atoms in total. The maximum Gasteiger partial charge on any atom is 0.184 e. The lowest BCUT2D eigenvalue weighted by Gasteiger charge is -2.02. The van der Waals surface area contributed by atoms with Crippen LogP contribution in [-0.2, 0) is 9.84 Å². The van der Waals surface area contributed by atoms with Crippen molar-refractivity contribution in [2.75, 3.05) is 12.3 Å². The predicted octanol–water partition coefficient (Wildman–Crippen LogP) is 2.35. The summed E-state index contributed by atoms with van der Waals surface area (Å²) in [5, 5.41) is 0.428. The molecule has 1 aromatic carbocycles. The minimum absolute atomic E-state index is 0. The second kappa shape index (κ2) is 6.96. The number of nitrogens with two attached hydrogens (primary N) is 1. The lowest BCUT2D eigenvalue weighted by atomic mass is 10.4. The van der Waals surface area contributed by atoms with E-state index in [2.05, 4.69) is 0 Å². The predicted molar refractivity (Wildman–Crippen MR) is 69.0 cm³/mol. The van der Waals surface area contributed by atoms with Crippen LogP contribution in [0.5, 0.6) is 0 Å². The van der Waals surface area contributed by atoms with Crippen molar-refractivity contribution in [2.45, 2.75) is 4.90 Å². The van der Waals surface area contributed by atoms with E-state index in [9.17, 15) is 12.8 Å². The Morgan fingerprint density at radius 2 is 1.88 bits per heavy atom. The maximum absolute atomic E-state index is 13.0. The Morgan fingerprint density at radius 3 is 2.35 bits per heavy atom. The number of rotatable bonds is 4. The summed E-state index contributed by atoms with van der Waals surface area (Å²) in [7, 11) is -3.66. The summed E-state index contributed by atoms with van der Waals surface area (Å²) in [6, 6.07) is 5.57. The Labute approximate surface area is 111 Å². The summed E-state index contributed by atoms with van der Waals surface area (Å²) in [6.07, 6.45) is 1.04. The van der Waals surface area contributed by atoms with E-state index < -0.39 is 21.4 Å². The summed E-state index contributed by atoms with van der Waals surface area (Å²) in [5.74, 6) is -1.43. The van der Waals surface area contributed by atoms with Crippen molar-refractivity contribution in [1.82, 2.24) is 0 Å². The van der Waals surface area contributed by atoms with Gasteiger partial charge in [-0.15, -0.1) is 12.4 Å². The molecular formula is C10H12Cl2FNO2S. The molecule has 0 atom stereocenters. The highest BCUT2D eigenvalue weighted by Gasteiger charge is 2.16. The van der Waals surface area contributed by atoms with Crippen LogP contribution < -0.4 is 5.73 Å². The van der Waals surface area contributed by atoms with Gasteiger partial charge in [0.25, 0.3) is 0 Å². The first kappa shape index (κ1) is 16.4. The lowest BCUT2D eigenvalue weighted by Crippen LogP contribution is -2.08. The number of halogens is 3. The Bertz CT molecular complexity index is 486. The van der Waals surface area contributed by atoms with Crippen LogP contribution in [0.4, 0.5) is 4.39 Å². The van der Waals surface area contributed by atoms with Crippen molar-refractivity contribution in [3.8, 4) is 0 Å². The smallest absolute Gasteiger partial charge is 0.184 e. The van der Waals surface area contributed by atoms with Gasteiger partial charge in [0, 0.05) is 11.6 Å². The average molecular weight is 300 g/mol. The van der Waals surface area contributed by atoms with Gasteiger partial charge in [-0.1, -0.05) is 11.6 Å². The zero-order valence-corrected chi connectivity index (χ0v) is 11.2. The van der Waals surface area contributed by atoms with Crippen LogP contribution in [0.2, 0.25) is 5.02 Å². The van der Waals surface area contributed by atoms with Gasteiger partial charge in [-0.2, -0.15) is 0 Å². The lowest BCUT2D eigenvalue weighted by molar-refractivity contribution is 0.583. The zero-order chi connectivity index (χ0) is 12.2. The van der Waals surface area contributed by atoms with Gasteiger partial charge < -0.3 is 5.73 Å². The molecule has 1 rings (SSSR count). The van der Waals surface area contributed by atoms with Gasteiger partial charge in [0.15, 0.2) is 9.84 Å². The van der Waals surface area contributed by atoms with E-state index in [0.29, 0.717) is 5.02 Å². The summed E-state index contributed by atoms with van der Waals surface area (Å²) in [5.41, 5.74) is 5.08. The molecule has 0 aromatic heterocycles. The molecule has 7 heteroatoms. The second-order valence-electron chi connectivity index (χ2n) is 3.10. The second-order valence-corrected chi connectivity index (χ2v) is 5.53. The zero-order valence-electron chi connectivity index (χ0n) is 8.77. The van der Waals surface area contributed by atoms with Crippen LogP contribution in [0.3, 0.4) is 0 Å².